The number of esters is 1. The lowest BCUT2D eigenvalue weighted by atomic mass is 10.0. The minimum atomic E-state index is -0.843. The molecule has 0 aromatic heterocycles. The SMILES string of the molecule is CCCC/C=C\CCCCCCCC(=O)OCCCCCCCCCCCCCCCCC/C=C\C/C=C\CCCCCCCCCCCCCCCCCCCC(=O)NC(CO)C(O)/C=C/CCCCCCCCCCCCCCCCC. The molecule has 0 fully saturated rings. The van der Waals surface area contributed by atoms with Gasteiger partial charge >= 0.3 is 5.97 Å². The van der Waals surface area contributed by atoms with Gasteiger partial charge in [-0.2, -0.15) is 0 Å². The standard InChI is InChI=1S/C78H147NO5/c1-3-5-7-9-11-13-15-16-17-41-44-47-51-54-58-62-66-70-76(81)75(74-80)79-77(82)71-67-63-59-55-52-48-45-42-39-37-35-33-31-29-27-25-23-21-19-18-20-22-24-26-28-30-32-34-36-38-40-43-46-49-53-57-61-65-69-73-84-78(83)72-68-64-60-56-50-14-12-10-8-6-4-2/h10,12,18-19,22,24,66,70,75-76,80-81H,3-9,11,13-17,20-21,23,25-65,67-69,71-74H2,1-2H3,(H,79,82)/b12-10-,19-18-,24-22-,70-66+. The van der Waals surface area contributed by atoms with E-state index in [1.807, 2.05) is 6.08 Å². The minimum absolute atomic E-state index is 0.00911. The summed E-state index contributed by atoms with van der Waals surface area (Å²) in [4.78, 5) is 24.5. The van der Waals surface area contributed by atoms with Crippen molar-refractivity contribution in [3.05, 3.63) is 48.6 Å². The van der Waals surface area contributed by atoms with Gasteiger partial charge in [-0.05, 0) is 83.5 Å². The van der Waals surface area contributed by atoms with Gasteiger partial charge in [0.2, 0.25) is 5.91 Å². The number of nitrogens with one attached hydrogen (secondary N) is 1. The van der Waals surface area contributed by atoms with Crippen molar-refractivity contribution in [3.63, 3.8) is 0 Å². The Kier molecular flexibility index (Phi) is 71.4. The molecule has 0 rings (SSSR count). The number of allylic oxidation sites excluding steroid dienone is 7. The molecule has 0 aliphatic rings. The average Bonchev–Trinajstić information content (AvgIpc) is 3.51. The smallest absolute Gasteiger partial charge is 0.305 e. The predicted molar refractivity (Wildman–Crippen MR) is 370 cm³/mol. The number of carbonyl (C=O) groups excluding carboxylic acids is 2. The van der Waals surface area contributed by atoms with E-state index >= 15 is 0 Å². The van der Waals surface area contributed by atoms with E-state index in [1.165, 1.54) is 334 Å². The van der Waals surface area contributed by atoms with Crippen molar-refractivity contribution in [1.82, 2.24) is 5.32 Å². The van der Waals surface area contributed by atoms with Gasteiger partial charge in [0.05, 0.1) is 25.4 Å². The summed E-state index contributed by atoms with van der Waals surface area (Å²) in [6, 6.07) is -0.626. The molecule has 2 unspecified atom stereocenters. The molecule has 1 amide bonds. The van der Waals surface area contributed by atoms with Gasteiger partial charge in [0.25, 0.3) is 0 Å². The van der Waals surface area contributed by atoms with Gasteiger partial charge in [0.1, 0.15) is 0 Å². The summed E-state index contributed by atoms with van der Waals surface area (Å²) in [6.45, 7) is 4.90. The zero-order chi connectivity index (χ0) is 60.6. The summed E-state index contributed by atoms with van der Waals surface area (Å²) in [5.41, 5.74) is 0. The maximum atomic E-state index is 12.5. The fraction of sp³-hybridized carbons (Fsp3) is 0.872. The summed E-state index contributed by atoms with van der Waals surface area (Å²) >= 11 is 0. The number of rotatable bonds is 71. The zero-order valence-corrected chi connectivity index (χ0v) is 56.6. The predicted octanol–water partition coefficient (Wildman–Crippen LogP) is 24.8. The van der Waals surface area contributed by atoms with Crippen molar-refractivity contribution in [2.75, 3.05) is 13.2 Å². The van der Waals surface area contributed by atoms with E-state index in [9.17, 15) is 19.8 Å². The van der Waals surface area contributed by atoms with E-state index in [4.69, 9.17) is 4.74 Å². The number of carbonyl (C=O) groups is 2. The topological polar surface area (TPSA) is 95.9 Å². The van der Waals surface area contributed by atoms with Crippen molar-refractivity contribution in [2.24, 2.45) is 0 Å². The van der Waals surface area contributed by atoms with E-state index in [1.54, 1.807) is 6.08 Å². The summed E-state index contributed by atoms with van der Waals surface area (Å²) < 4.78 is 5.47. The first-order chi connectivity index (χ1) is 41.5. The maximum Gasteiger partial charge on any atom is 0.305 e. The van der Waals surface area contributed by atoms with Crippen molar-refractivity contribution in [1.29, 1.82) is 0 Å². The third-order valence-corrected chi connectivity index (χ3v) is 17.6. The molecule has 0 heterocycles. The van der Waals surface area contributed by atoms with Crippen LogP contribution in [0.3, 0.4) is 0 Å². The Bertz CT molecular complexity index is 1400. The Morgan fingerprint density at radius 1 is 0.333 bits per heavy atom. The third-order valence-electron chi connectivity index (χ3n) is 17.6. The van der Waals surface area contributed by atoms with Crippen LogP contribution in [0.15, 0.2) is 48.6 Å². The molecule has 0 spiro atoms. The first-order valence-electron chi connectivity index (χ1n) is 37.9. The highest BCUT2D eigenvalue weighted by Gasteiger charge is 2.18. The Morgan fingerprint density at radius 3 is 0.952 bits per heavy atom. The molecule has 0 aliphatic carbocycles. The lowest BCUT2D eigenvalue weighted by Crippen LogP contribution is -2.45. The molecule has 0 aromatic carbocycles. The van der Waals surface area contributed by atoms with E-state index in [-0.39, 0.29) is 18.5 Å². The van der Waals surface area contributed by atoms with Crippen molar-refractivity contribution in [2.45, 2.75) is 424 Å². The minimum Gasteiger partial charge on any atom is -0.466 e. The molecular formula is C78H147NO5. The molecule has 0 saturated heterocycles. The van der Waals surface area contributed by atoms with Crippen LogP contribution in [0.5, 0.6) is 0 Å². The molecule has 494 valence electrons. The Morgan fingerprint density at radius 2 is 0.607 bits per heavy atom. The maximum absolute atomic E-state index is 12.5. The quantitative estimate of drug-likeness (QED) is 0.0320. The first kappa shape index (κ1) is 81.8. The second-order valence-electron chi connectivity index (χ2n) is 26.0. The van der Waals surface area contributed by atoms with Crippen LogP contribution in [0.1, 0.15) is 412 Å². The first-order valence-corrected chi connectivity index (χ1v) is 37.9. The van der Waals surface area contributed by atoms with Gasteiger partial charge in [-0.25, -0.2) is 0 Å². The van der Waals surface area contributed by atoms with E-state index in [0.717, 1.165) is 51.4 Å². The van der Waals surface area contributed by atoms with Gasteiger partial charge in [-0.1, -0.05) is 364 Å². The molecule has 2 atom stereocenters. The molecule has 0 aliphatic heterocycles. The molecule has 6 heteroatoms. The van der Waals surface area contributed by atoms with Crippen molar-refractivity contribution in [3.8, 4) is 0 Å². The van der Waals surface area contributed by atoms with E-state index in [0.29, 0.717) is 19.4 Å². The van der Waals surface area contributed by atoms with Gasteiger partial charge < -0.3 is 20.3 Å². The van der Waals surface area contributed by atoms with Crippen LogP contribution >= 0.6 is 0 Å². The number of aliphatic hydroxyl groups is 2. The molecule has 0 aromatic rings. The van der Waals surface area contributed by atoms with Crippen molar-refractivity contribution < 1.29 is 24.5 Å². The third kappa shape index (κ3) is 68.9. The lowest BCUT2D eigenvalue weighted by molar-refractivity contribution is -0.143. The highest BCUT2D eigenvalue weighted by molar-refractivity contribution is 5.76. The fourth-order valence-electron chi connectivity index (χ4n) is 11.8. The van der Waals surface area contributed by atoms with Gasteiger partial charge in [0.15, 0.2) is 0 Å². The largest absolute Gasteiger partial charge is 0.466 e. The Hall–Kier alpha value is -2.18. The van der Waals surface area contributed by atoms with Gasteiger partial charge in [-0.15, -0.1) is 0 Å². The Balaban J connectivity index is 3.37. The van der Waals surface area contributed by atoms with Crippen LogP contribution in [-0.2, 0) is 14.3 Å². The molecule has 6 nitrogen and oxygen atoms in total. The summed E-state index contributed by atoms with van der Waals surface area (Å²) in [5.74, 6) is -0.0529. The molecule has 84 heavy (non-hydrogen) atoms. The highest BCUT2D eigenvalue weighted by Crippen LogP contribution is 2.19. The van der Waals surface area contributed by atoms with Gasteiger partial charge in [0, 0.05) is 12.8 Å². The average molecular weight is 1180 g/mol. The number of hydrogen-bond donors (Lipinski definition) is 3. The molecule has 0 bridgehead atoms. The van der Waals surface area contributed by atoms with Crippen LogP contribution in [0, 0.1) is 0 Å². The van der Waals surface area contributed by atoms with E-state index in [2.05, 4.69) is 55.6 Å². The summed E-state index contributed by atoms with van der Waals surface area (Å²) in [5, 5.41) is 23.2. The number of ether oxygens (including phenoxy) is 1. The summed E-state index contributed by atoms with van der Waals surface area (Å²) in [7, 11) is 0. The molecular weight excluding hydrogens is 1030 g/mol. The van der Waals surface area contributed by atoms with E-state index < -0.39 is 12.1 Å². The van der Waals surface area contributed by atoms with Gasteiger partial charge in [-0.3, -0.25) is 9.59 Å². The number of amides is 1. The monoisotopic (exact) mass is 1180 g/mol. The highest BCUT2D eigenvalue weighted by atomic mass is 16.5. The lowest BCUT2D eigenvalue weighted by Gasteiger charge is -2.20. The van der Waals surface area contributed by atoms with Crippen LogP contribution in [0.4, 0.5) is 0 Å². The molecule has 3 N–H and O–H groups in total. The number of aliphatic hydroxyl groups excluding tert-OH is 2. The summed E-state index contributed by atoms with van der Waals surface area (Å²) in [6.07, 6.45) is 96.6. The van der Waals surface area contributed by atoms with Crippen LogP contribution in [0.2, 0.25) is 0 Å². The molecule has 0 saturated carbocycles. The fourth-order valence-corrected chi connectivity index (χ4v) is 11.8. The van der Waals surface area contributed by atoms with Crippen LogP contribution in [0.25, 0.3) is 0 Å². The second kappa shape index (κ2) is 73.3. The number of unbranched alkanes of at least 4 members (excludes halogenated alkanes) is 54. The van der Waals surface area contributed by atoms with Crippen LogP contribution in [-0.4, -0.2) is 47.4 Å². The van der Waals surface area contributed by atoms with Crippen LogP contribution < -0.4 is 5.32 Å². The second-order valence-corrected chi connectivity index (χ2v) is 26.0. The Labute approximate surface area is 525 Å². The number of hydrogen-bond acceptors (Lipinski definition) is 5. The normalized spacial score (nSPS) is 12.8. The van der Waals surface area contributed by atoms with Crippen molar-refractivity contribution >= 4 is 11.9 Å². The zero-order valence-electron chi connectivity index (χ0n) is 56.6. The molecule has 0 radical (unpaired) electrons.